The van der Waals surface area contributed by atoms with E-state index in [-0.39, 0.29) is 6.10 Å². The van der Waals surface area contributed by atoms with Crippen LogP contribution in [0.25, 0.3) is 10.4 Å². The van der Waals surface area contributed by atoms with E-state index in [0.717, 1.165) is 21.8 Å². The van der Waals surface area contributed by atoms with Gasteiger partial charge in [-0.05, 0) is 42.3 Å². The summed E-state index contributed by atoms with van der Waals surface area (Å²) in [5.74, 6) is 0.773. The normalized spacial score (nSPS) is 27.1. The van der Waals surface area contributed by atoms with Crippen LogP contribution in [0.4, 0.5) is 0 Å². The minimum absolute atomic E-state index is 0.317. The minimum Gasteiger partial charge on any atom is -0.497 e. The monoisotopic (exact) mass is 519 g/mol. The average Bonchev–Trinajstić information content (AvgIpc) is 2.94. The predicted molar refractivity (Wildman–Crippen MR) is 140 cm³/mol. The minimum atomic E-state index is -0.620. The first-order chi connectivity index (χ1) is 18.1. The van der Waals surface area contributed by atoms with Crippen molar-refractivity contribution in [2.75, 3.05) is 13.7 Å². The fourth-order valence-electron chi connectivity index (χ4n) is 4.48. The lowest BCUT2D eigenvalue weighted by Gasteiger charge is -2.48. The highest BCUT2D eigenvalue weighted by Crippen LogP contribution is 2.41. The number of aryl methyl sites for hydroxylation is 1. The third-order valence-electron chi connectivity index (χ3n) is 6.44. The zero-order valence-corrected chi connectivity index (χ0v) is 21.5. The van der Waals surface area contributed by atoms with Gasteiger partial charge in [-0.15, -0.1) is 0 Å². The van der Waals surface area contributed by atoms with E-state index in [1.165, 1.54) is 17.3 Å². The number of hydrogen-bond acceptors (Lipinski definition) is 7. The molecule has 0 bridgehead atoms. The highest BCUT2D eigenvalue weighted by molar-refractivity contribution is 7.99. The molecule has 37 heavy (non-hydrogen) atoms. The Labute approximate surface area is 220 Å². The van der Waals surface area contributed by atoms with Gasteiger partial charge in [-0.2, -0.15) is 0 Å². The number of thioether (sulfide) groups is 1. The van der Waals surface area contributed by atoms with Crippen LogP contribution in [0.1, 0.15) is 23.0 Å². The van der Waals surface area contributed by atoms with Gasteiger partial charge in [0, 0.05) is 15.4 Å². The molecule has 3 aromatic carbocycles. The van der Waals surface area contributed by atoms with Crippen LogP contribution in [0.5, 0.6) is 5.75 Å². The van der Waals surface area contributed by atoms with E-state index in [0.29, 0.717) is 13.2 Å². The second kappa shape index (κ2) is 12.0. The molecule has 0 amide bonds. The van der Waals surface area contributed by atoms with Crippen molar-refractivity contribution in [2.24, 2.45) is 5.11 Å². The molecule has 6 atom stereocenters. The largest absolute Gasteiger partial charge is 0.497 e. The molecule has 0 N–H and O–H groups in total. The summed E-state index contributed by atoms with van der Waals surface area (Å²) >= 11 is 1.51. The summed E-state index contributed by atoms with van der Waals surface area (Å²) in [6.45, 7) is 2.69. The van der Waals surface area contributed by atoms with Crippen LogP contribution < -0.4 is 4.74 Å². The standard InChI is InChI=1S/C28H29N3O5S/c1-18-8-14-22(15-9-18)37-28-24(30-31-29)26(33-16-19-10-12-21(32-2)13-11-19)25-23(35-28)17-34-27(36-25)20-6-4-3-5-7-20/h3-15,23-28H,16-17H2,1-2H3/t23-,24-,25-,26-,27-,28+/m1/s1. The fraction of sp³-hybridized carbons (Fsp3) is 0.357. The molecule has 0 saturated carbocycles. The number of rotatable bonds is 8. The van der Waals surface area contributed by atoms with Gasteiger partial charge in [0.05, 0.1) is 26.4 Å². The van der Waals surface area contributed by atoms with E-state index in [9.17, 15) is 5.53 Å². The zero-order chi connectivity index (χ0) is 25.6. The quantitative estimate of drug-likeness (QED) is 0.200. The summed E-state index contributed by atoms with van der Waals surface area (Å²) in [7, 11) is 1.63. The van der Waals surface area contributed by atoms with Gasteiger partial charge in [0.15, 0.2) is 6.29 Å². The number of ether oxygens (including phenoxy) is 5. The van der Waals surface area contributed by atoms with Gasteiger partial charge in [-0.25, -0.2) is 0 Å². The number of fused-ring (bicyclic) bond motifs is 1. The molecule has 2 fully saturated rings. The van der Waals surface area contributed by atoms with Gasteiger partial charge in [0.1, 0.15) is 29.4 Å². The molecule has 0 aliphatic carbocycles. The third-order valence-corrected chi connectivity index (χ3v) is 7.61. The van der Waals surface area contributed by atoms with Crippen molar-refractivity contribution in [3.63, 3.8) is 0 Å². The Morgan fingerprint density at radius 2 is 1.76 bits per heavy atom. The summed E-state index contributed by atoms with van der Waals surface area (Å²) in [5, 5.41) is 4.16. The van der Waals surface area contributed by atoms with Crippen molar-refractivity contribution >= 4 is 11.8 Å². The Balaban J connectivity index is 1.41. The number of hydrogen-bond donors (Lipinski definition) is 0. The number of benzene rings is 3. The Bertz CT molecular complexity index is 1200. The van der Waals surface area contributed by atoms with Crippen LogP contribution in [-0.2, 0) is 25.6 Å². The maximum Gasteiger partial charge on any atom is 0.184 e. The second-order valence-electron chi connectivity index (χ2n) is 8.97. The second-order valence-corrected chi connectivity index (χ2v) is 10.1. The van der Waals surface area contributed by atoms with Crippen LogP contribution in [0.15, 0.2) is 88.9 Å². The smallest absolute Gasteiger partial charge is 0.184 e. The molecule has 0 radical (unpaired) electrons. The van der Waals surface area contributed by atoms with Gasteiger partial charge in [0.2, 0.25) is 0 Å². The average molecular weight is 520 g/mol. The van der Waals surface area contributed by atoms with Gasteiger partial charge < -0.3 is 23.7 Å². The van der Waals surface area contributed by atoms with E-state index in [1.807, 2.05) is 85.8 Å². The van der Waals surface area contributed by atoms with E-state index >= 15 is 0 Å². The van der Waals surface area contributed by atoms with Gasteiger partial charge >= 0.3 is 0 Å². The molecular formula is C28H29N3O5S. The number of nitrogens with zero attached hydrogens (tertiary/aromatic N) is 3. The van der Waals surface area contributed by atoms with Crippen LogP contribution in [0.2, 0.25) is 0 Å². The topological polar surface area (TPSA) is 94.9 Å². The van der Waals surface area contributed by atoms with E-state index in [2.05, 4.69) is 10.0 Å². The lowest BCUT2D eigenvalue weighted by molar-refractivity contribution is -0.311. The van der Waals surface area contributed by atoms with E-state index in [1.54, 1.807) is 7.11 Å². The van der Waals surface area contributed by atoms with Crippen molar-refractivity contribution in [2.45, 2.75) is 54.5 Å². The fourth-order valence-corrected chi connectivity index (χ4v) is 5.58. The molecule has 2 aliphatic rings. The summed E-state index contributed by atoms with van der Waals surface area (Å²) in [6, 6.07) is 25.0. The maximum absolute atomic E-state index is 9.48. The Kier molecular flexibility index (Phi) is 8.31. The summed E-state index contributed by atoms with van der Waals surface area (Å²) < 4.78 is 30.6. The first-order valence-electron chi connectivity index (χ1n) is 12.1. The van der Waals surface area contributed by atoms with Crippen LogP contribution in [0.3, 0.4) is 0 Å². The van der Waals surface area contributed by atoms with E-state index in [4.69, 9.17) is 23.7 Å². The Hall–Kier alpha value is -3.04. The summed E-state index contributed by atoms with van der Waals surface area (Å²) in [4.78, 5) is 4.17. The number of methoxy groups -OCH3 is 1. The molecule has 2 aliphatic heterocycles. The van der Waals surface area contributed by atoms with Crippen molar-refractivity contribution < 1.29 is 23.7 Å². The van der Waals surface area contributed by atoms with Gasteiger partial charge in [0.25, 0.3) is 0 Å². The first-order valence-corrected chi connectivity index (χ1v) is 13.0. The Morgan fingerprint density at radius 1 is 1.00 bits per heavy atom. The molecule has 0 unspecified atom stereocenters. The van der Waals surface area contributed by atoms with Crippen LogP contribution in [0, 0.1) is 6.92 Å². The zero-order valence-electron chi connectivity index (χ0n) is 20.7. The van der Waals surface area contributed by atoms with Crippen molar-refractivity contribution in [3.05, 3.63) is 106 Å². The summed E-state index contributed by atoms with van der Waals surface area (Å²) in [5.41, 5.74) is 12.1. The van der Waals surface area contributed by atoms with E-state index < -0.39 is 30.0 Å². The van der Waals surface area contributed by atoms with Crippen LogP contribution >= 0.6 is 11.8 Å². The van der Waals surface area contributed by atoms with Crippen molar-refractivity contribution in [3.8, 4) is 5.75 Å². The molecule has 3 aromatic rings. The lowest BCUT2D eigenvalue weighted by Crippen LogP contribution is -2.61. The highest BCUT2D eigenvalue weighted by atomic mass is 32.2. The van der Waals surface area contributed by atoms with Gasteiger partial charge in [-0.3, -0.25) is 0 Å². The molecule has 0 aromatic heterocycles. The third kappa shape index (κ3) is 6.10. The predicted octanol–water partition coefficient (Wildman–Crippen LogP) is 6.20. The van der Waals surface area contributed by atoms with Crippen LogP contribution in [-0.4, -0.2) is 43.5 Å². The SMILES string of the molecule is COc1ccc(CO[C@@H]2[C@@H](N=[N+]=[N-])[C@H](Sc3ccc(C)cc3)O[C@@H]3CO[C@@H](c4ccccc4)O[C@@H]23)cc1. The summed E-state index contributed by atoms with van der Waals surface area (Å²) in [6.07, 6.45) is -1.97. The molecule has 2 heterocycles. The molecule has 5 rings (SSSR count). The number of azide groups is 1. The maximum atomic E-state index is 9.48. The molecule has 0 spiro atoms. The Morgan fingerprint density at radius 3 is 2.46 bits per heavy atom. The first kappa shape index (κ1) is 25.6. The molecular weight excluding hydrogens is 490 g/mol. The highest BCUT2D eigenvalue weighted by Gasteiger charge is 2.50. The molecule has 9 heteroatoms. The molecule has 8 nitrogen and oxygen atoms in total. The van der Waals surface area contributed by atoms with Crippen molar-refractivity contribution in [1.82, 2.24) is 0 Å². The van der Waals surface area contributed by atoms with Gasteiger partial charge in [-0.1, -0.05) is 77.0 Å². The molecule has 2 saturated heterocycles. The molecule has 192 valence electrons. The van der Waals surface area contributed by atoms with Crippen molar-refractivity contribution in [1.29, 1.82) is 0 Å². The lowest BCUT2D eigenvalue weighted by atomic mass is 9.97.